The highest BCUT2D eigenvalue weighted by Gasteiger charge is 2.17. The molecule has 2 N–H and O–H groups in total. The lowest BCUT2D eigenvalue weighted by atomic mass is 9.83. The van der Waals surface area contributed by atoms with Gasteiger partial charge in [-0.15, -0.1) is 0 Å². The molecule has 20 heavy (non-hydrogen) atoms. The second-order valence-corrected chi connectivity index (χ2v) is 5.96. The summed E-state index contributed by atoms with van der Waals surface area (Å²) in [5.74, 6) is 1.63. The largest absolute Gasteiger partial charge is 0.490 e. The van der Waals surface area contributed by atoms with Crippen LogP contribution in [0.1, 0.15) is 51.5 Å². The van der Waals surface area contributed by atoms with Gasteiger partial charge in [-0.25, -0.2) is 0 Å². The van der Waals surface area contributed by atoms with E-state index in [4.69, 9.17) is 10.5 Å². The van der Waals surface area contributed by atoms with Crippen LogP contribution in [0.4, 0.5) is 0 Å². The molecule has 2 rings (SSSR count). The van der Waals surface area contributed by atoms with E-state index in [1.54, 1.807) is 0 Å². The first-order valence-electron chi connectivity index (χ1n) is 7.87. The van der Waals surface area contributed by atoms with Crippen molar-refractivity contribution in [3.05, 3.63) is 35.4 Å². The fourth-order valence-electron chi connectivity index (χ4n) is 2.98. The van der Waals surface area contributed by atoms with Gasteiger partial charge < -0.3 is 10.5 Å². The summed E-state index contributed by atoms with van der Waals surface area (Å²) in [6.45, 7) is 4.78. The Kier molecular flexibility index (Phi) is 5.66. The third-order valence-corrected chi connectivity index (χ3v) is 3.99. The molecule has 0 amide bonds. The van der Waals surface area contributed by atoms with Crippen LogP contribution in [0.25, 0.3) is 6.08 Å². The highest BCUT2D eigenvalue weighted by molar-refractivity contribution is 5.60. The van der Waals surface area contributed by atoms with Crippen LogP contribution in [0, 0.1) is 5.92 Å². The van der Waals surface area contributed by atoms with Gasteiger partial charge in [0.15, 0.2) is 0 Å². The fourth-order valence-corrected chi connectivity index (χ4v) is 2.98. The predicted octanol–water partition coefficient (Wildman–Crippen LogP) is 4.40. The minimum Gasteiger partial charge on any atom is -0.490 e. The zero-order valence-electron chi connectivity index (χ0n) is 12.8. The van der Waals surface area contributed by atoms with Crippen molar-refractivity contribution < 1.29 is 4.74 Å². The Hall–Kier alpha value is -1.28. The maximum atomic E-state index is 5.99. The van der Waals surface area contributed by atoms with Crippen LogP contribution in [0.2, 0.25) is 0 Å². The molecule has 1 fully saturated rings. The van der Waals surface area contributed by atoms with Gasteiger partial charge in [0, 0.05) is 12.1 Å². The second kappa shape index (κ2) is 7.49. The molecule has 1 aliphatic carbocycles. The van der Waals surface area contributed by atoms with Crippen molar-refractivity contribution in [2.45, 2.75) is 52.1 Å². The smallest absolute Gasteiger partial charge is 0.126 e. The first-order valence-corrected chi connectivity index (χ1v) is 7.87. The molecule has 0 aliphatic heterocycles. The summed E-state index contributed by atoms with van der Waals surface area (Å²) in [7, 11) is 0. The van der Waals surface area contributed by atoms with Gasteiger partial charge in [-0.05, 0) is 38.7 Å². The molecule has 0 atom stereocenters. The maximum absolute atomic E-state index is 5.99. The summed E-state index contributed by atoms with van der Waals surface area (Å²) in [5.41, 5.74) is 8.53. The zero-order valence-corrected chi connectivity index (χ0v) is 12.8. The molecular formula is C18H27NO. The summed E-state index contributed by atoms with van der Waals surface area (Å²) in [5, 5.41) is 0. The van der Waals surface area contributed by atoms with E-state index in [-0.39, 0.29) is 6.10 Å². The average molecular weight is 273 g/mol. The van der Waals surface area contributed by atoms with Crippen LogP contribution in [-0.4, -0.2) is 12.6 Å². The molecule has 0 bridgehead atoms. The Labute approximate surface area is 123 Å². The van der Waals surface area contributed by atoms with Gasteiger partial charge in [0.25, 0.3) is 0 Å². The Morgan fingerprint density at radius 2 is 1.95 bits per heavy atom. The number of hydrogen-bond acceptors (Lipinski definition) is 2. The van der Waals surface area contributed by atoms with E-state index in [1.165, 1.54) is 37.7 Å². The molecular weight excluding hydrogens is 246 g/mol. The molecule has 1 aliphatic rings. The SMILES string of the molecule is CC(C)Oc1ccccc1/C=C(/CN)C1CCCCC1. The Morgan fingerprint density at radius 3 is 2.60 bits per heavy atom. The Bertz CT molecular complexity index is 444. The van der Waals surface area contributed by atoms with E-state index in [2.05, 4.69) is 32.1 Å². The lowest BCUT2D eigenvalue weighted by molar-refractivity contribution is 0.242. The minimum absolute atomic E-state index is 0.195. The van der Waals surface area contributed by atoms with E-state index in [1.807, 2.05) is 12.1 Å². The maximum Gasteiger partial charge on any atom is 0.126 e. The molecule has 0 unspecified atom stereocenters. The van der Waals surface area contributed by atoms with Gasteiger partial charge in [0.05, 0.1) is 6.10 Å². The van der Waals surface area contributed by atoms with E-state index in [9.17, 15) is 0 Å². The number of ether oxygens (including phenoxy) is 1. The molecule has 0 radical (unpaired) electrons. The molecule has 1 aromatic rings. The predicted molar refractivity (Wildman–Crippen MR) is 85.8 cm³/mol. The molecule has 110 valence electrons. The van der Waals surface area contributed by atoms with Crippen molar-refractivity contribution in [1.29, 1.82) is 0 Å². The number of nitrogens with two attached hydrogens (primary N) is 1. The van der Waals surface area contributed by atoms with Gasteiger partial charge in [-0.3, -0.25) is 0 Å². The summed E-state index contributed by atoms with van der Waals surface area (Å²) in [6, 6.07) is 8.25. The molecule has 0 spiro atoms. The molecule has 0 aromatic heterocycles. The first kappa shape index (κ1) is 15.1. The van der Waals surface area contributed by atoms with Gasteiger partial charge >= 0.3 is 0 Å². The second-order valence-electron chi connectivity index (χ2n) is 5.96. The van der Waals surface area contributed by atoms with Gasteiger partial charge in [-0.1, -0.05) is 49.1 Å². The highest BCUT2D eigenvalue weighted by atomic mass is 16.5. The fraction of sp³-hybridized carbons (Fsp3) is 0.556. The van der Waals surface area contributed by atoms with Crippen molar-refractivity contribution in [2.75, 3.05) is 6.54 Å². The topological polar surface area (TPSA) is 35.2 Å². The number of rotatable bonds is 5. The standard InChI is InChI=1S/C18H27NO/c1-14(2)20-18-11-7-6-10-16(18)12-17(13-19)15-8-4-3-5-9-15/h6-7,10-12,14-15H,3-5,8-9,13,19H2,1-2H3/b17-12-. The van der Waals surface area contributed by atoms with E-state index in [0.717, 1.165) is 11.3 Å². The molecule has 1 saturated carbocycles. The van der Waals surface area contributed by atoms with Crippen LogP contribution >= 0.6 is 0 Å². The highest BCUT2D eigenvalue weighted by Crippen LogP contribution is 2.32. The van der Waals surface area contributed by atoms with E-state index in [0.29, 0.717) is 12.5 Å². The normalized spacial score (nSPS) is 17.5. The third-order valence-electron chi connectivity index (χ3n) is 3.99. The number of benzene rings is 1. The van der Waals surface area contributed by atoms with Gasteiger partial charge in [-0.2, -0.15) is 0 Å². The van der Waals surface area contributed by atoms with Crippen molar-refractivity contribution >= 4 is 6.08 Å². The van der Waals surface area contributed by atoms with Crippen molar-refractivity contribution in [1.82, 2.24) is 0 Å². The molecule has 1 aromatic carbocycles. The summed E-state index contributed by atoms with van der Waals surface area (Å²) in [4.78, 5) is 0. The lowest BCUT2D eigenvalue weighted by Gasteiger charge is -2.24. The first-order chi connectivity index (χ1) is 9.70. The Balaban J connectivity index is 2.22. The monoisotopic (exact) mass is 273 g/mol. The molecule has 2 heteroatoms. The number of para-hydroxylation sites is 1. The van der Waals surface area contributed by atoms with Crippen LogP contribution in [0.15, 0.2) is 29.8 Å². The van der Waals surface area contributed by atoms with Crippen molar-refractivity contribution in [2.24, 2.45) is 11.7 Å². The van der Waals surface area contributed by atoms with Crippen LogP contribution in [-0.2, 0) is 0 Å². The summed E-state index contributed by atoms with van der Waals surface area (Å²) >= 11 is 0. The van der Waals surface area contributed by atoms with Crippen LogP contribution < -0.4 is 10.5 Å². The molecule has 0 heterocycles. The van der Waals surface area contributed by atoms with Crippen LogP contribution in [0.5, 0.6) is 5.75 Å². The van der Waals surface area contributed by atoms with Crippen molar-refractivity contribution in [3.8, 4) is 5.75 Å². The Morgan fingerprint density at radius 1 is 1.25 bits per heavy atom. The third kappa shape index (κ3) is 4.11. The quantitative estimate of drug-likeness (QED) is 0.863. The molecule has 0 saturated heterocycles. The van der Waals surface area contributed by atoms with E-state index >= 15 is 0 Å². The lowest BCUT2D eigenvalue weighted by Crippen LogP contribution is -2.16. The number of hydrogen-bond donors (Lipinski definition) is 1. The van der Waals surface area contributed by atoms with Gasteiger partial charge in [0.2, 0.25) is 0 Å². The minimum atomic E-state index is 0.195. The average Bonchev–Trinajstić information content (AvgIpc) is 2.46. The van der Waals surface area contributed by atoms with Gasteiger partial charge in [0.1, 0.15) is 5.75 Å². The van der Waals surface area contributed by atoms with E-state index < -0.39 is 0 Å². The zero-order chi connectivity index (χ0) is 14.4. The van der Waals surface area contributed by atoms with Crippen LogP contribution in [0.3, 0.4) is 0 Å². The molecule has 2 nitrogen and oxygen atoms in total. The summed E-state index contributed by atoms with van der Waals surface area (Å²) < 4.78 is 5.89. The van der Waals surface area contributed by atoms with Crippen molar-refractivity contribution in [3.63, 3.8) is 0 Å². The summed E-state index contributed by atoms with van der Waals surface area (Å²) in [6.07, 6.45) is 9.08.